The van der Waals surface area contributed by atoms with E-state index >= 15 is 0 Å². The lowest BCUT2D eigenvalue weighted by Gasteiger charge is -2.12. The molecule has 8 heteroatoms. The lowest BCUT2D eigenvalue weighted by atomic mass is 10.2. The number of nitrogens with zero attached hydrogens (tertiary/aromatic N) is 4. The number of carbonyl (C=O) groups excluding carboxylic acids is 1. The zero-order chi connectivity index (χ0) is 14.8. The van der Waals surface area contributed by atoms with Crippen LogP contribution in [0.15, 0.2) is 34.4 Å². The van der Waals surface area contributed by atoms with Crippen LogP contribution in [0.2, 0.25) is 0 Å². The van der Waals surface area contributed by atoms with E-state index in [4.69, 9.17) is 4.74 Å². The van der Waals surface area contributed by atoms with Gasteiger partial charge in [-0.05, 0) is 22.4 Å². The van der Waals surface area contributed by atoms with E-state index in [0.29, 0.717) is 0 Å². The molecule has 0 unspecified atom stereocenters. The van der Waals surface area contributed by atoms with Crippen molar-refractivity contribution in [3.05, 3.63) is 34.9 Å². The molecule has 0 aromatic carbocycles. The molecule has 0 aliphatic rings. The molecule has 1 atom stereocenters. The van der Waals surface area contributed by atoms with Crippen molar-refractivity contribution in [3.8, 4) is 0 Å². The maximum atomic E-state index is 12.1. The van der Waals surface area contributed by atoms with Crippen molar-refractivity contribution >= 4 is 40.1 Å². The molecular weight excluding hydrogens is 308 g/mol. The van der Waals surface area contributed by atoms with Crippen LogP contribution < -0.4 is 0 Å². The van der Waals surface area contributed by atoms with Crippen molar-refractivity contribution in [3.63, 3.8) is 0 Å². The molecule has 6 nitrogen and oxygen atoms in total. The summed E-state index contributed by atoms with van der Waals surface area (Å²) in [6.45, 7) is 0. The molecule has 0 bridgehead atoms. The van der Waals surface area contributed by atoms with Crippen LogP contribution in [0.1, 0.15) is 10.8 Å². The molecule has 0 saturated heterocycles. The van der Waals surface area contributed by atoms with Gasteiger partial charge in [-0.2, -0.15) is 16.4 Å². The van der Waals surface area contributed by atoms with Crippen molar-refractivity contribution in [1.29, 1.82) is 0 Å². The van der Waals surface area contributed by atoms with Gasteiger partial charge >= 0.3 is 5.97 Å². The predicted octanol–water partition coefficient (Wildman–Crippen LogP) is 2.43. The van der Waals surface area contributed by atoms with E-state index < -0.39 is 5.25 Å². The van der Waals surface area contributed by atoms with Crippen LogP contribution in [0.4, 0.5) is 0 Å². The fourth-order valence-electron chi connectivity index (χ4n) is 1.93. The van der Waals surface area contributed by atoms with Gasteiger partial charge in [-0.15, -0.1) is 0 Å². The van der Waals surface area contributed by atoms with Crippen LogP contribution >= 0.6 is 23.1 Å². The predicted molar refractivity (Wildman–Crippen MR) is 81.2 cm³/mol. The van der Waals surface area contributed by atoms with Crippen LogP contribution in [0.3, 0.4) is 0 Å². The number of esters is 1. The van der Waals surface area contributed by atoms with Crippen molar-refractivity contribution in [1.82, 2.24) is 19.7 Å². The van der Waals surface area contributed by atoms with Crippen molar-refractivity contribution in [2.24, 2.45) is 7.05 Å². The summed E-state index contributed by atoms with van der Waals surface area (Å²) >= 11 is 2.89. The van der Waals surface area contributed by atoms with Crippen molar-refractivity contribution < 1.29 is 9.53 Å². The van der Waals surface area contributed by atoms with Crippen molar-refractivity contribution in [2.75, 3.05) is 7.11 Å². The van der Waals surface area contributed by atoms with Gasteiger partial charge in [-0.1, -0.05) is 11.8 Å². The van der Waals surface area contributed by atoms with Crippen LogP contribution in [0.5, 0.6) is 0 Å². The Kier molecular flexibility index (Phi) is 3.89. The van der Waals surface area contributed by atoms with Gasteiger partial charge in [-0.25, -0.2) is 9.97 Å². The zero-order valence-electron chi connectivity index (χ0n) is 11.4. The largest absolute Gasteiger partial charge is 0.468 e. The smallest absolute Gasteiger partial charge is 0.323 e. The van der Waals surface area contributed by atoms with Gasteiger partial charge in [0.25, 0.3) is 0 Å². The van der Waals surface area contributed by atoms with E-state index in [1.54, 1.807) is 22.2 Å². The van der Waals surface area contributed by atoms with Crippen LogP contribution in [-0.2, 0) is 16.6 Å². The highest BCUT2D eigenvalue weighted by atomic mass is 32.2. The molecule has 0 aliphatic heterocycles. The van der Waals surface area contributed by atoms with Crippen molar-refractivity contribution in [2.45, 2.75) is 10.3 Å². The van der Waals surface area contributed by atoms with Crippen LogP contribution in [-0.4, -0.2) is 32.8 Å². The lowest BCUT2D eigenvalue weighted by molar-refractivity contribution is -0.140. The first-order valence-corrected chi connectivity index (χ1v) is 7.92. The van der Waals surface area contributed by atoms with Crippen LogP contribution in [0, 0.1) is 0 Å². The average molecular weight is 320 g/mol. The third-order valence-electron chi connectivity index (χ3n) is 2.98. The first-order chi connectivity index (χ1) is 10.2. The van der Waals surface area contributed by atoms with Gasteiger partial charge in [0.1, 0.15) is 16.6 Å². The molecule has 0 aliphatic carbocycles. The fraction of sp³-hybridized carbons (Fsp3) is 0.231. The molecule has 3 heterocycles. The molecule has 3 aromatic rings. The van der Waals surface area contributed by atoms with E-state index in [1.807, 2.05) is 23.9 Å². The third-order valence-corrected chi connectivity index (χ3v) is 4.93. The minimum Gasteiger partial charge on any atom is -0.468 e. The Morgan fingerprint density at radius 1 is 1.48 bits per heavy atom. The number of ether oxygens (including phenoxy) is 1. The first-order valence-electron chi connectivity index (χ1n) is 6.10. The second-order valence-electron chi connectivity index (χ2n) is 4.26. The molecular formula is C13H12N4O2S2. The maximum absolute atomic E-state index is 12.1. The number of fused-ring (bicyclic) bond motifs is 1. The van der Waals surface area contributed by atoms with Gasteiger partial charge in [0.05, 0.1) is 18.7 Å². The normalized spacial score (nSPS) is 12.5. The summed E-state index contributed by atoms with van der Waals surface area (Å²) in [4.78, 5) is 20.5. The SMILES string of the molecule is COC(=O)[C@H](Sc1ncnc2c1cnn2C)c1ccsc1. The molecule has 3 rings (SSSR count). The molecule has 0 radical (unpaired) electrons. The molecule has 0 spiro atoms. The summed E-state index contributed by atoms with van der Waals surface area (Å²) in [7, 11) is 3.21. The third kappa shape index (κ3) is 2.64. The number of thioether (sulfide) groups is 1. The standard InChI is InChI=1S/C13H12N4O2S2/c1-17-11-9(5-16-17)12(15-7-14-11)21-10(13(18)19-2)8-3-4-20-6-8/h3-7,10H,1-2H3/t10-/m1/s1. The number of carbonyl (C=O) groups is 1. The highest BCUT2D eigenvalue weighted by Gasteiger charge is 2.25. The Hall–Kier alpha value is -1.93. The number of hydrogen-bond acceptors (Lipinski definition) is 7. The van der Waals surface area contributed by atoms with E-state index in [0.717, 1.165) is 21.6 Å². The second-order valence-corrected chi connectivity index (χ2v) is 6.14. The summed E-state index contributed by atoms with van der Waals surface area (Å²) in [6.07, 6.45) is 3.19. The molecule has 0 saturated carbocycles. The summed E-state index contributed by atoms with van der Waals surface area (Å²) in [5, 5.41) is 9.16. The minimum atomic E-state index is -0.445. The molecule has 3 aromatic heterocycles. The molecule has 0 fully saturated rings. The molecule has 0 N–H and O–H groups in total. The minimum absolute atomic E-state index is 0.297. The van der Waals surface area contributed by atoms with E-state index in [-0.39, 0.29) is 5.97 Å². The Bertz CT molecular complexity index is 770. The number of aromatic nitrogens is 4. The van der Waals surface area contributed by atoms with E-state index in [9.17, 15) is 4.79 Å². The topological polar surface area (TPSA) is 69.9 Å². The summed E-state index contributed by atoms with van der Waals surface area (Å²) < 4.78 is 6.59. The quantitative estimate of drug-likeness (QED) is 0.418. The average Bonchev–Trinajstić information content (AvgIpc) is 3.15. The number of aryl methyl sites for hydroxylation is 1. The highest BCUT2D eigenvalue weighted by molar-refractivity contribution is 8.00. The number of thiophene rings is 1. The highest BCUT2D eigenvalue weighted by Crippen LogP contribution is 2.38. The number of hydrogen-bond donors (Lipinski definition) is 0. The Morgan fingerprint density at radius 3 is 3.05 bits per heavy atom. The molecule has 0 amide bonds. The van der Waals surface area contributed by atoms with E-state index in [1.165, 1.54) is 25.2 Å². The monoisotopic (exact) mass is 320 g/mol. The Morgan fingerprint density at radius 2 is 2.33 bits per heavy atom. The maximum Gasteiger partial charge on any atom is 0.323 e. The molecule has 21 heavy (non-hydrogen) atoms. The van der Waals surface area contributed by atoms with Gasteiger partial charge < -0.3 is 4.74 Å². The number of methoxy groups -OCH3 is 1. The van der Waals surface area contributed by atoms with Gasteiger partial charge in [0, 0.05) is 7.05 Å². The van der Waals surface area contributed by atoms with Gasteiger partial charge in [-0.3, -0.25) is 9.48 Å². The summed E-state index contributed by atoms with van der Waals surface area (Å²) in [5.74, 6) is -0.297. The lowest BCUT2D eigenvalue weighted by Crippen LogP contribution is -2.10. The number of rotatable bonds is 4. The first kappa shape index (κ1) is 14.0. The summed E-state index contributed by atoms with van der Waals surface area (Å²) in [5.41, 5.74) is 1.65. The Balaban J connectivity index is 2.00. The van der Waals surface area contributed by atoms with Crippen LogP contribution in [0.25, 0.3) is 11.0 Å². The summed E-state index contributed by atoms with van der Waals surface area (Å²) in [6, 6.07) is 1.92. The van der Waals surface area contributed by atoms with Gasteiger partial charge in [0.15, 0.2) is 5.65 Å². The second kappa shape index (κ2) is 5.82. The zero-order valence-corrected chi connectivity index (χ0v) is 13.0. The van der Waals surface area contributed by atoms with E-state index in [2.05, 4.69) is 15.1 Å². The molecule has 108 valence electrons. The Labute approximate surface area is 129 Å². The van der Waals surface area contributed by atoms with Gasteiger partial charge in [0.2, 0.25) is 0 Å². The fourth-order valence-corrected chi connectivity index (χ4v) is 3.78.